The molecule has 1 aromatic heterocycles. The lowest BCUT2D eigenvalue weighted by Gasteiger charge is -2.13. The Morgan fingerprint density at radius 1 is 1.24 bits per heavy atom. The van der Waals surface area contributed by atoms with Gasteiger partial charge in [0.2, 0.25) is 11.6 Å². The van der Waals surface area contributed by atoms with E-state index in [2.05, 4.69) is 10.3 Å². The van der Waals surface area contributed by atoms with Crippen LogP contribution < -0.4 is 10.1 Å². The van der Waals surface area contributed by atoms with Gasteiger partial charge in [-0.05, 0) is 31.2 Å². The van der Waals surface area contributed by atoms with Crippen LogP contribution in [0.15, 0.2) is 41.5 Å². The Morgan fingerprint density at radius 2 is 2.00 bits per heavy atom. The highest BCUT2D eigenvalue weighted by atomic mass is 32.1. The van der Waals surface area contributed by atoms with Crippen molar-refractivity contribution >= 4 is 28.6 Å². The molecular weight excluding hydrogens is 288 g/mol. The van der Waals surface area contributed by atoms with Crippen LogP contribution >= 0.6 is 11.3 Å². The predicted octanol–water partition coefficient (Wildman–Crippen LogP) is 2.92. The molecule has 0 radical (unpaired) electrons. The van der Waals surface area contributed by atoms with Gasteiger partial charge in [-0.25, -0.2) is 4.98 Å². The summed E-state index contributed by atoms with van der Waals surface area (Å²) < 4.78 is 5.36. The molecule has 0 fully saturated rings. The Bertz CT molecular complexity index is 732. The molecule has 0 aliphatic heterocycles. The fourth-order valence-corrected chi connectivity index (χ4v) is 2.77. The standard InChI is InChI=1S/C15H12N2O3S/c1-2-20-10-5-3-9(4-6-10)17-11-7-12(18)13-15(14(11)19)21-8-16-13/h3-8,17H,2H2,1H3. The van der Waals surface area contributed by atoms with E-state index in [4.69, 9.17) is 4.74 Å². The number of allylic oxidation sites excluding steroid dienone is 2. The van der Waals surface area contributed by atoms with Gasteiger partial charge in [-0.2, -0.15) is 0 Å². The number of aromatic nitrogens is 1. The average molecular weight is 300 g/mol. The molecule has 21 heavy (non-hydrogen) atoms. The van der Waals surface area contributed by atoms with Crippen molar-refractivity contribution in [3.8, 4) is 5.75 Å². The lowest BCUT2D eigenvalue weighted by Crippen LogP contribution is -2.20. The van der Waals surface area contributed by atoms with E-state index in [0.29, 0.717) is 11.5 Å². The van der Waals surface area contributed by atoms with Crippen LogP contribution in [0.25, 0.3) is 0 Å². The van der Waals surface area contributed by atoms with E-state index in [9.17, 15) is 9.59 Å². The van der Waals surface area contributed by atoms with Crippen molar-refractivity contribution in [2.24, 2.45) is 0 Å². The highest BCUT2D eigenvalue weighted by Gasteiger charge is 2.28. The number of thiazole rings is 1. The van der Waals surface area contributed by atoms with Crippen LogP contribution in [-0.4, -0.2) is 23.2 Å². The Balaban J connectivity index is 1.82. The molecule has 1 aliphatic rings. The Hall–Kier alpha value is -2.47. The number of ether oxygens (including phenoxy) is 1. The second-order valence-corrected chi connectivity index (χ2v) is 5.22. The topological polar surface area (TPSA) is 68.3 Å². The van der Waals surface area contributed by atoms with Gasteiger partial charge in [0.1, 0.15) is 16.3 Å². The Kier molecular flexibility index (Phi) is 3.53. The monoisotopic (exact) mass is 300 g/mol. The number of nitrogens with one attached hydrogen (secondary N) is 1. The lowest BCUT2D eigenvalue weighted by atomic mass is 10.0. The summed E-state index contributed by atoms with van der Waals surface area (Å²) in [5.41, 5.74) is 2.73. The number of fused-ring (bicyclic) bond motifs is 1. The molecule has 0 unspecified atom stereocenters. The summed E-state index contributed by atoms with van der Waals surface area (Å²) in [6.07, 6.45) is 1.29. The van der Waals surface area contributed by atoms with Crippen molar-refractivity contribution in [1.82, 2.24) is 4.98 Å². The molecular formula is C15H12N2O3S. The van der Waals surface area contributed by atoms with Gasteiger partial charge in [0, 0.05) is 11.8 Å². The maximum Gasteiger partial charge on any atom is 0.221 e. The van der Waals surface area contributed by atoms with Gasteiger partial charge >= 0.3 is 0 Å². The van der Waals surface area contributed by atoms with E-state index in [1.54, 1.807) is 24.3 Å². The number of benzene rings is 1. The van der Waals surface area contributed by atoms with E-state index in [0.717, 1.165) is 11.4 Å². The molecule has 3 rings (SSSR count). The minimum Gasteiger partial charge on any atom is -0.494 e. The minimum absolute atomic E-state index is 0.207. The summed E-state index contributed by atoms with van der Waals surface area (Å²) >= 11 is 1.18. The molecule has 1 heterocycles. The van der Waals surface area contributed by atoms with Crippen molar-refractivity contribution in [2.75, 3.05) is 11.9 Å². The molecule has 6 heteroatoms. The number of carbonyl (C=O) groups excluding carboxylic acids is 2. The largest absolute Gasteiger partial charge is 0.494 e. The van der Waals surface area contributed by atoms with E-state index in [1.807, 2.05) is 6.92 Å². The molecule has 0 saturated carbocycles. The zero-order chi connectivity index (χ0) is 14.8. The molecule has 5 nitrogen and oxygen atoms in total. The smallest absolute Gasteiger partial charge is 0.221 e. The molecule has 1 N–H and O–H groups in total. The third kappa shape index (κ3) is 2.57. The number of nitrogens with zero attached hydrogens (tertiary/aromatic N) is 1. The van der Waals surface area contributed by atoms with E-state index >= 15 is 0 Å². The number of carbonyl (C=O) groups is 2. The van der Waals surface area contributed by atoms with E-state index < -0.39 is 0 Å². The second kappa shape index (κ2) is 5.49. The van der Waals surface area contributed by atoms with Gasteiger partial charge in [0.25, 0.3) is 0 Å². The zero-order valence-electron chi connectivity index (χ0n) is 11.3. The number of anilines is 1. The quantitative estimate of drug-likeness (QED) is 0.940. The summed E-state index contributed by atoms with van der Waals surface area (Å²) in [4.78, 5) is 28.5. The first-order valence-corrected chi connectivity index (χ1v) is 7.31. The minimum atomic E-state index is -0.251. The van der Waals surface area contributed by atoms with Crippen molar-refractivity contribution in [3.63, 3.8) is 0 Å². The Labute approximate surface area is 125 Å². The third-order valence-corrected chi connectivity index (χ3v) is 3.80. The lowest BCUT2D eigenvalue weighted by molar-refractivity contribution is 0.0986. The van der Waals surface area contributed by atoms with Crippen molar-refractivity contribution in [3.05, 3.63) is 52.1 Å². The second-order valence-electron chi connectivity index (χ2n) is 4.36. The number of rotatable bonds is 4. The summed E-state index contributed by atoms with van der Waals surface area (Å²) in [7, 11) is 0. The van der Waals surface area contributed by atoms with Crippen LogP contribution in [0, 0.1) is 0 Å². The SMILES string of the molecule is CCOc1ccc(NC2=CC(=O)c3ncsc3C2=O)cc1. The zero-order valence-corrected chi connectivity index (χ0v) is 12.1. The first-order chi connectivity index (χ1) is 10.2. The number of hydrogen-bond donors (Lipinski definition) is 1. The fourth-order valence-electron chi connectivity index (χ4n) is 2.02. The molecule has 0 atom stereocenters. The molecule has 0 bridgehead atoms. The van der Waals surface area contributed by atoms with Crippen molar-refractivity contribution < 1.29 is 14.3 Å². The fraction of sp³-hybridized carbons (Fsp3) is 0.133. The summed E-state index contributed by atoms with van der Waals surface area (Å²) in [6, 6.07) is 7.21. The van der Waals surface area contributed by atoms with E-state index in [1.165, 1.54) is 22.9 Å². The maximum absolute atomic E-state index is 12.3. The van der Waals surface area contributed by atoms with Crippen LogP contribution in [0.3, 0.4) is 0 Å². The third-order valence-electron chi connectivity index (χ3n) is 2.97. The molecule has 1 aliphatic carbocycles. The van der Waals surface area contributed by atoms with Gasteiger partial charge in [-0.15, -0.1) is 11.3 Å². The van der Waals surface area contributed by atoms with Crippen LogP contribution in [0.4, 0.5) is 5.69 Å². The van der Waals surface area contributed by atoms with Gasteiger partial charge in [0.15, 0.2) is 0 Å². The highest BCUT2D eigenvalue weighted by molar-refractivity contribution is 7.12. The first-order valence-electron chi connectivity index (χ1n) is 6.43. The molecule has 2 aromatic rings. The number of Topliss-reactive ketones (excluding diaryl/α,β-unsaturated/α-hetero) is 1. The molecule has 106 valence electrons. The highest BCUT2D eigenvalue weighted by Crippen LogP contribution is 2.25. The first kappa shape index (κ1) is 13.5. The van der Waals surface area contributed by atoms with Crippen LogP contribution in [0.5, 0.6) is 5.75 Å². The molecule has 0 amide bonds. The summed E-state index contributed by atoms with van der Waals surface area (Å²) in [5, 5.41) is 2.98. The Morgan fingerprint density at radius 3 is 2.71 bits per heavy atom. The average Bonchev–Trinajstić information content (AvgIpc) is 2.97. The number of ketones is 2. The summed E-state index contributed by atoms with van der Waals surface area (Å²) in [6.45, 7) is 2.51. The molecule has 1 aromatic carbocycles. The molecule has 0 spiro atoms. The molecule has 0 saturated heterocycles. The normalized spacial score (nSPS) is 13.7. The van der Waals surface area contributed by atoms with Gasteiger partial charge in [0.05, 0.1) is 17.8 Å². The van der Waals surface area contributed by atoms with Gasteiger partial charge in [-0.3, -0.25) is 9.59 Å². The van der Waals surface area contributed by atoms with Crippen LogP contribution in [0.2, 0.25) is 0 Å². The van der Waals surface area contributed by atoms with Crippen molar-refractivity contribution in [2.45, 2.75) is 6.92 Å². The van der Waals surface area contributed by atoms with Gasteiger partial charge in [-0.1, -0.05) is 0 Å². The van der Waals surface area contributed by atoms with Crippen molar-refractivity contribution in [1.29, 1.82) is 0 Å². The summed E-state index contributed by atoms with van der Waals surface area (Å²) in [5.74, 6) is 0.299. The van der Waals surface area contributed by atoms with Gasteiger partial charge < -0.3 is 10.1 Å². The number of hydrogen-bond acceptors (Lipinski definition) is 6. The van der Waals surface area contributed by atoms with Crippen LogP contribution in [0.1, 0.15) is 27.1 Å². The van der Waals surface area contributed by atoms with E-state index in [-0.39, 0.29) is 23.0 Å². The maximum atomic E-state index is 12.3. The predicted molar refractivity (Wildman–Crippen MR) is 80.1 cm³/mol. The van der Waals surface area contributed by atoms with Crippen LogP contribution in [-0.2, 0) is 0 Å².